The second kappa shape index (κ2) is 6.15. The van der Waals surface area contributed by atoms with E-state index in [0.717, 1.165) is 25.7 Å². The fraction of sp³-hybridized carbons (Fsp3) is 0.600. The predicted octanol–water partition coefficient (Wildman–Crippen LogP) is 3.01. The van der Waals surface area contributed by atoms with Crippen LogP contribution in [0.25, 0.3) is 0 Å². The molecule has 1 fully saturated rings. The average molecular weight is 263 g/mol. The molecule has 1 aromatic rings. The first-order valence-electron chi connectivity index (χ1n) is 6.89. The van der Waals surface area contributed by atoms with Crippen LogP contribution >= 0.6 is 0 Å². The van der Waals surface area contributed by atoms with Gasteiger partial charge in [-0.2, -0.15) is 0 Å². The lowest BCUT2D eigenvalue weighted by molar-refractivity contribution is -0.0194. The Bertz CT molecular complexity index is 439. The molecule has 1 aliphatic carbocycles. The molecule has 4 heteroatoms. The van der Waals surface area contributed by atoms with Gasteiger partial charge in [-0.05, 0) is 25.8 Å². The first kappa shape index (κ1) is 14.0. The van der Waals surface area contributed by atoms with Crippen molar-refractivity contribution in [2.24, 2.45) is 0 Å². The highest BCUT2D eigenvalue weighted by Gasteiger charge is 2.40. The summed E-state index contributed by atoms with van der Waals surface area (Å²) in [4.78, 5) is 16.8. The minimum absolute atomic E-state index is 0.0313. The van der Waals surface area contributed by atoms with E-state index < -0.39 is 5.60 Å². The van der Waals surface area contributed by atoms with Gasteiger partial charge >= 0.3 is 0 Å². The smallest absolute Gasteiger partial charge is 0.196 e. The molecule has 104 valence electrons. The molecule has 0 unspecified atom stereocenters. The van der Waals surface area contributed by atoms with Gasteiger partial charge in [0.15, 0.2) is 5.78 Å². The van der Waals surface area contributed by atoms with Crippen molar-refractivity contribution in [3.8, 4) is 5.75 Å². The molecule has 0 atom stereocenters. The summed E-state index contributed by atoms with van der Waals surface area (Å²) in [5.74, 6) is 0.666. The van der Waals surface area contributed by atoms with E-state index in [4.69, 9.17) is 9.47 Å². The lowest BCUT2D eigenvalue weighted by Gasteiger charge is -2.34. The molecule has 1 heterocycles. The molecule has 19 heavy (non-hydrogen) atoms. The van der Waals surface area contributed by atoms with Crippen LogP contribution in [0, 0.1) is 0 Å². The maximum atomic E-state index is 12.7. The standard InChI is InChI=1S/C15H21NO3/c1-3-19-13-9-12(10-16-11-13)14(17)15(18-2)7-5-4-6-8-15/h9-11H,3-8H2,1-2H3. The van der Waals surface area contributed by atoms with Gasteiger partial charge in [-0.3, -0.25) is 9.78 Å². The molecule has 4 nitrogen and oxygen atoms in total. The Morgan fingerprint density at radius 1 is 1.32 bits per heavy atom. The topological polar surface area (TPSA) is 48.4 Å². The third-order valence-electron chi connectivity index (χ3n) is 3.75. The van der Waals surface area contributed by atoms with Crippen molar-refractivity contribution in [1.29, 1.82) is 0 Å². The number of ether oxygens (including phenoxy) is 2. The summed E-state index contributed by atoms with van der Waals surface area (Å²) in [6.07, 6.45) is 8.06. The number of Topliss-reactive ketones (excluding diaryl/α,β-unsaturated/α-hetero) is 1. The van der Waals surface area contributed by atoms with E-state index in [-0.39, 0.29) is 5.78 Å². The van der Waals surface area contributed by atoms with Crippen LogP contribution in [0.3, 0.4) is 0 Å². The summed E-state index contributed by atoms with van der Waals surface area (Å²) in [6.45, 7) is 2.47. The summed E-state index contributed by atoms with van der Waals surface area (Å²) in [7, 11) is 1.63. The van der Waals surface area contributed by atoms with Crippen molar-refractivity contribution in [3.63, 3.8) is 0 Å². The SMILES string of the molecule is CCOc1cncc(C(=O)C2(OC)CCCCC2)c1. The van der Waals surface area contributed by atoms with Gasteiger partial charge in [0, 0.05) is 18.9 Å². The number of aromatic nitrogens is 1. The fourth-order valence-electron chi connectivity index (χ4n) is 2.70. The fourth-order valence-corrected chi connectivity index (χ4v) is 2.70. The van der Waals surface area contributed by atoms with Crippen LogP contribution in [0.4, 0.5) is 0 Å². The molecule has 2 rings (SSSR count). The third-order valence-corrected chi connectivity index (χ3v) is 3.75. The summed E-state index contributed by atoms with van der Waals surface area (Å²) >= 11 is 0. The molecule has 0 bridgehead atoms. The summed E-state index contributed by atoms with van der Waals surface area (Å²) in [5, 5.41) is 0. The minimum Gasteiger partial charge on any atom is -0.492 e. The van der Waals surface area contributed by atoms with E-state index in [9.17, 15) is 4.79 Å². The summed E-state index contributed by atoms with van der Waals surface area (Å²) < 4.78 is 11.0. The van der Waals surface area contributed by atoms with Gasteiger partial charge in [0.25, 0.3) is 0 Å². The molecule has 0 saturated heterocycles. The molecule has 1 aromatic heterocycles. The van der Waals surface area contributed by atoms with Crippen molar-refractivity contribution in [2.75, 3.05) is 13.7 Å². The van der Waals surface area contributed by atoms with E-state index in [1.165, 1.54) is 6.42 Å². The highest BCUT2D eigenvalue weighted by molar-refractivity contribution is 6.02. The molecule has 0 amide bonds. The zero-order valence-corrected chi connectivity index (χ0v) is 11.6. The summed E-state index contributed by atoms with van der Waals surface area (Å²) in [5.41, 5.74) is -0.0835. The van der Waals surface area contributed by atoms with Crippen molar-refractivity contribution in [1.82, 2.24) is 4.98 Å². The lowest BCUT2D eigenvalue weighted by atomic mass is 9.79. The van der Waals surface area contributed by atoms with Gasteiger partial charge in [-0.1, -0.05) is 19.3 Å². The first-order chi connectivity index (χ1) is 9.22. The minimum atomic E-state index is -0.662. The van der Waals surface area contributed by atoms with E-state index in [1.807, 2.05) is 6.92 Å². The Hall–Kier alpha value is -1.42. The molecule has 0 aromatic carbocycles. The van der Waals surface area contributed by atoms with Gasteiger partial charge in [0.1, 0.15) is 11.4 Å². The number of carbonyl (C=O) groups is 1. The number of rotatable bonds is 5. The van der Waals surface area contributed by atoms with E-state index in [2.05, 4.69) is 4.98 Å². The Morgan fingerprint density at radius 3 is 2.68 bits per heavy atom. The van der Waals surface area contributed by atoms with Crippen LogP contribution in [0.5, 0.6) is 5.75 Å². The molecule has 0 spiro atoms. The van der Waals surface area contributed by atoms with Crippen LogP contribution in [-0.2, 0) is 4.74 Å². The monoisotopic (exact) mass is 263 g/mol. The Labute approximate surface area is 114 Å². The number of ketones is 1. The second-order valence-corrected chi connectivity index (χ2v) is 4.93. The maximum Gasteiger partial charge on any atom is 0.196 e. The normalized spacial score (nSPS) is 18.0. The van der Waals surface area contributed by atoms with Crippen molar-refractivity contribution in [2.45, 2.75) is 44.6 Å². The Kier molecular flexibility index (Phi) is 4.53. The zero-order valence-electron chi connectivity index (χ0n) is 11.6. The van der Waals surface area contributed by atoms with E-state index in [0.29, 0.717) is 17.9 Å². The molecular weight excluding hydrogens is 242 g/mol. The van der Waals surface area contributed by atoms with Gasteiger partial charge in [0.05, 0.1) is 12.8 Å². The Morgan fingerprint density at radius 2 is 2.05 bits per heavy atom. The lowest BCUT2D eigenvalue weighted by Crippen LogP contribution is -2.42. The predicted molar refractivity (Wildman–Crippen MR) is 72.6 cm³/mol. The van der Waals surface area contributed by atoms with Gasteiger partial charge in [-0.15, -0.1) is 0 Å². The maximum absolute atomic E-state index is 12.7. The van der Waals surface area contributed by atoms with E-state index >= 15 is 0 Å². The second-order valence-electron chi connectivity index (χ2n) is 4.93. The van der Waals surface area contributed by atoms with Gasteiger partial charge in [0.2, 0.25) is 0 Å². The van der Waals surface area contributed by atoms with Crippen LogP contribution in [0.1, 0.15) is 49.4 Å². The number of carbonyl (C=O) groups excluding carboxylic acids is 1. The van der Waals surface area contributed by atoms with Crippen LogP contribution in [-0.4, -0.2) is 30.1 Å². The van der Waals surface area contributed by atoms with Crippen LogP contribution in [0.15, 0.2) is 18.5 Å². The number of hydrogen-bond donors (Lipinski definition) is 0. The quantitative estimate of drug-likeness (QED) is 0.766. The van der Waals surface area contributed by atoms with Crippen molar-refractivity contribution in [3.05, 3.63) is 24.0 Å². The molecule has 1 saturated carbocycles. The summed E-state index contributed by atoms with van der Waals surface area (Å²) in [6, 6.07) is 1.76. The zero-order chi connectivity index (χ0) is 13.7. The van der Waals surface area contributed by atoms with Crippen molar-refractivity contribution < 1.29 is 14.3 Å². The number of methoxy groups -OCH3 is 1. The first-order valence-corrected chi connectivity index (χ1v) is 6.89. The average Bonchev–Trinajstić information content (AvgIpc) is 2.48. The largest absolute Gasteiger partial charge is 0.492 e. The van der Waals surface area contributed by atoms with Crippen molar-refractivity contribution >= 4 is 5.78 Å². The number of hydrogen-bond acceptors (Lipinski definition) is 4. The highest BCUT2D eigenvalue weighted by atomic mass is 16.5. The molecule has 0 radical (unpaired) electrons. The number of pyridine rings is 1. The van der Waals surface area contributed by atoms with E-state index in [1.54, 1.807) is 25.6 Å². The Balaban J connectivity index is 2.24. The molecule has 0 N–H and O–H groups in total. The highest BCUT2D eigenvalue weighted by Crippen LogP contribution is 2.34. The molecule has 0 aliphatic heterocycles. The number of nitrogens with zero attached hydrogens (tertiary/aromatic N) is 1. The third kappa shape index (κ3) is 2.95. The molecule has 1 aliphatic rings. The van der Waals surface area contributed by atoms with Gasteiger partial charge < -0.3 is 9.47 Å². The van der Waals surface area contributed by atoms with Crippen LogP contribution in [0.2, 0.25) is 0 Å². The van der Waals surface area contributed by atoms with Crippen LogP contribution < -0.4 is 4.74 Å². The molecular formula is C15H21NO3. The van der Waals surface area contributed by atoms with Gasteiger partial charge in [-0.25, -0.2) is 0 Å².